The number of benzene rings is 1. The third-order valence-electron chi connectivity index (χ3n) is 2.10. The molecule has 1 rings (SSSR count). The summed E-state index contributed by atoms with van der Waals surface area (Å²) >= 11 is 0. The van der Waals surface area contributed by atoms with Gasteiger partial charge in [-0.2, -0.15) is 0 Å². The molecule has 0 aliphatic heterocycles. The molecule has 1 unspecified atom stereocenters. The van der Waals surface area contributed by atoms with Crippen molar-refractivity contribution in [2.75, 3.05) is 13.2 Å². The van der Waals surface area contributed by atoms with E-state index in [0.717, 1.165) is 17.9 Å². The topological polar surface area (TPSA) is 38.7 Å². The summed E-state index contributed by atoms with van der Waals surface area (Å²) in [5.74, 6) is 1.52. The molecule has 0 saturated heterocycles. The minimum atomic E-state index is -0.330. The summed E-state index contributed by atoms with van der Waals surface area (Å²) in [6.45, 7) is 5.01. The number of para-hydroxylation sites is 2. The van der Waals surface area contributed by atoms with Crippen molar-refractivity contribution in [3.05, 3.63) is 24.3 Å². The molecular formula is C13H20O3. The lowest BCUT2D eigenvalue weighted by atomic mass is 10.3. The first-order chi connectivity index (χ1) is 7.74. The summed E-state index contributed by atoms with van der Waals surface area (Å²) in [6.07, 6.45) is 1.27. The second-order valence-electron chi connectivity index (χ2n) is 3.78. The van der Waals surface area contributed by atoms with Crippen LogP contribution in [0.15, 0.2) is 24.3 Å². The smallest absolute Gasteiger partial charge is 0.161 e. The van der Waals surface area contributed by atoms with Crippen LogP contribution in [0.1, 0.15) is 26.7 Å². The largest absolute Gasteiger partial charge is 0.490 e. The van der Waals surface area contributed by atoms with Crippen LogP contribution in [0, 0.1) is 0 Å². The fourth-order valence-corrected chi connectivity index (χ4v) is 1.24. The summed E-state index contributed by atoms with van der Waals surface area (Å²) in [7, 11) is 0. The van der Waals surface area contributed by atoms with Gasteiger partial charge in [-0.3, -0.25) is 0 Å². The average Bonchev–Trinajstić information content (AvgIpc) is 2.27. The van der Waals surface area contributed by atoms with Crippen molar-refractivity contribution in [2.24, 2.45) is 0 Å². The molecule has 3 nitrogen and oxygen atoms in total. The van der Waals surface area contributed by atoms with Crippen LogP contribution in [0.5, 0.6) is 11.5 Å². The van der Waals surface area contributed by atoms with E-state index in [1.165, 1.54) is 0 Å². The van der Waals surface area contributed by atoms with Gasteiger partial charge in [0.05, 0.1) is 19.3 Å². The van der Waals surface area contributed by atoms with Gasteiger partial charge in [-0.05, 0) is 25.5 Å². The van der Waals surface area contributed by atoms with E-state index in [9.17, 15) is 0 Å². The number of ether oxygens (including phenoxy) is 2. The Morgan fingerprint density at radius 1 is 1.12 bits per heavy atom. The van der Waals surface area contributed by atoms with E-state index in [-0.39, 0.29) is 6.10 Å². The van der Waals surface area contributed by atoms with E-state index in [1.54, 1.807) is 6.92 Å². The third kappa shape index (κ3) is 4.53. The van der Waals surface area contributed by atoms with Gasteiger partial charge in [0.25, 0.3) is 0 Å². The highest BCUT2D eigenvalue weighted by Crippen LogP contribution is 2.26. The van der Waals surface area contributed by atoms with E-state index in [4.69, 9.17) is 14.6 Å². The quantitative estimate of drug-likeness (QED) is 0.773. The summed E-state index contributed by atoms with van der Waals surface area (Å²) in [6, 6.07) is 7.61. The molecular weight excluding hydrogens is 204 g/mol. The highest BCUT2D eigenvalue weighted by molar-refractivity contribution is 5.39. The molecule has 1 atom stereocenters. The van der Waals surface area contributed by atoms with Crippen LogP contribution >= 0.6 is 0 Å². The average molecular weight is 224 g/mol. The van der Waals surface area contributed by atoms with E-state index in [2.05, 4.69) is 6.92 Å². The Hall–Kier alpha value is -1.22. The van der Waals surface area contributed by atoms with Gasteiger partial charge < -0.3 is 14.6 Å². The van der Waals surface area contributed by atoms with Gasteiger partial charge in [0.1, 0.15) is 0 Å². The third-order valence-corrected chi connectivity index (χ3v) is 2.10. The summed E-state index contributed by atoms with van der Waals surface area (Å²) in [5, 5.41) is 9.13. The van der Waals surface area contributed by atoms with E-state index in [0.29, 0.717) is 19.6 Å². The van der Waals surface area contributed by atoms with Crippen molar-refractivity contribution in [1.29, 1.82) is 0 Å². The predicted molar refractivity (Wildman–Crippen MR) is 64.0 cm³/mol. The Morgan fingerprint density at radius 3 is 2.19 bits per heavy atom. The molecule has 0 saturated carbocycles. The van der Waals surface area contributed by atoms with Crippen LogP contribution < -0.4 is 9.47 Å². The van der Waals surface area contributed by atoms with Gasteiger partial charge >= 0.3 is 0 Å². The summed E-state index contributed by atoms with van der Waals surface area (Å²) in [4.78, 5) is 0. The van der Waals surface area contributed by atoms with Crippen molar-refractivity contribution < 1.29 is 14.6 Å². The fourth-order valence-electron chi connectivity index (χ4n) is 1.24. The highest BCUT2D eigenvalue weighted by atomic mass is 16.5. The van der Waals surface area contributed by atoms with Gasteiger partial charge in [-0.15, -0.1) is 0 Å². The summed E-state index contributed by atoms with van der Waals surface area (Å²) < 4.78 is 11.1. The Bertz CT molecular complexity index is 297. The number of aliphatic hydroxyl groups excluding tert-OH is 1. The molecule has 3 heteroatoms. The lowest BCUT2D eigenvalue weighted by Gasteiger charge is -2.12. The zero-order chi connectivity index (χ0) is 11.8. The molecule has 0 spiro atoms. The molecule has 1 aromatic rings. The molecule has 1 N–H and O–H groups in total. The Morgan fingerprint density at radius 2 is 1.69 bits per heavy atom. The molecule has 0 amide bonds. The Labute approximate surface area is 97.0 Å². The van der Waals surface area contributed by atoms with Gasteiger partial charge in [0, 0.05) is 6.42 Å². The van der Waals surface area contributed by atoms with E-state index < -0.39 is 0 Å². The first-order valence-corrected chi connectivity index (χ1v) is 5.76. The van der Waals surface area contributed by atoms with Crippen molar-refractivity contribution in [2.45, 2.75) is 32.8 Å². The lowest BCUT2D eigenvalue weighted by Crippen LogP contribution is -2.08. The number of hydrogen-bond acceptors (Lipinski definition) is 3. The minimum absolute atomic E-state index is 0.330. The van der Waals surface area contributed by atoms with Crippen molar-refractivity contribution in [1.82, 2.24) is 0 Å². The Balaban J connectivity index is 2.49. The van der Waals surface area contributed by atoms with Gasteiger partial charge in [0.2, 0.25) is 0 Å². The second-order valence-corrected chi connectivity index (χ2v) is 3.78. The zero-order valence-corrected chi connectivity index (χ0v) is 9.98. The molecule has 16 heavy (non-hydrogen) atoms. The molecule has 0 heterocycles. The highest BCUT2D eigenvalue weighted by Gasteiger charge is 2.04. The van der Waals surface area contributed by atoms with Crippen molar-refractivity contribution >= 4 is 0 Å². The number of aliphatic hydroxyl groups is 1. The molecule has 0 aliphatic rings. The van der Waals surface area contributed by atoms with Gasteiger partial charge in [0.15, 0.2) is 11.5 Å². The van der Waals surface area contributed by atoms with Crippen LogP contribution in [-0.4, -0.2) is 24.4 Å². The van der Waals surface area contributed by atoms with Crippen LogP contribution in [0.25, 0.3) is 0 Å². The monoisotopic (exact) mass is 224 g/mol. The summed E-state index contributed by atoms with van der Waals surface area (Å²) in [5.41, 5.74) is 0. The SMILES string of the molecule is CCCOc1ccccc1OCCC(C)O. The van der Waals surface area contributed by atoms with E-state index in [1.807, 2.05) is 24.3 Å². The molecule has 1 aromatic carbocycles. The normalized spacial score (nSPS) is 12.2. The number of hydrogen-bond donors (Lipinski definition) is 1. The zero-order valence-electron chi connectivity index (χ0n) is 9.98. The standard InChI is InChI=1S/C13H20O3/c1-3-9-15-12-6-4-5-7-13(12)16-10-8-11(2)14/h4-7,11,14H,3,8-10H2,1-2H3. The molecule has 0 bridgehead atoms. The van der Waals surface area contributed by atoms with Crippen molar-refractivity contribution in [3.8, 4) is 11.5 Å². The van der Waals surface area contributed by atoms with Gasteiger partial charge in [-0.1, -0.05) is 19.1 Å². The predicted octanol–water partition coefficient (Wildman–Crippen LogP) is 2.63. The molecule has 0 aromatic heterocycles. The van der Waals surface area contributed by atoms with Crippen LogP contribution in [0.4, 0.5) is 0 Å². The van der Waals surface area contributed by atoms with Gasteiger partial charge in [-0.25, -0.2) is 0 Å². The maximum absolute atomic E-state index is 9.13. The maximum Gasteiger partial charge on any atom is 0.161 e. The Kier molecular flexibility index (Phi) is 5.72. The van der Waals surface area contributed by atoms with Crippen LogP contribution in [0.3, 0.4) is 0 Å². The number of rotatable bonds is 7. The second kappa shape index (κ2) is 7.12. The van der Waals surface area contributed by atoms with Crippen LogP contribution in [0.2, 0.25) is 0 Å². The minimum Gasteiger partial charge on any atom is -0.490 e. The molecule has 0 aliphatic carbocycles. The van der Waals surface area contributed by atoms with E-state index >= 15 is 0 Å². The fraction of sp³-hybridized carbons (Fsp3) is 0.538. The molecule has 90 valence electrons. The molecule has 0 radical (unpaired) electrons. The molecule has 0 fully saturated rings. The maximum atomic E-state index is 9.13. The first-order valence-electron chi connectivity index (χ1n) is 5.76. The lowest BCUT2D eigenvalue weighted by molar-refractivity contribution is 0.153. The van der Waals surface area contributed by atoms with Crippen molar-refractivity contribution in [3.63, 3.8) is 0 Å². The first kappa shape index (κ1) is 12.8. The van der Waals surface area contributed by atoms with Crippen LogP contribution in [-0.2, 0) is 0 Å².